The van der Waals surface area contributed by atoms with E-state index < -0.39 is 6.04 Å². The van der Waals surface area contributed by atoms with E-state index in [0.717, 1.165) is 31.4 Å². The highest BCUT2D eigenvalue weighted by atomic mass is 35.5. The van der Waals surface area contributed by atoms with Crippen LogP contribution in [0.4, 0.5) is 0 Å². The molecule has 0 unspecified atom stereocenters. The number of likely N-dealkylation sites (tertiary alicyclic amines) is 1. The second kappa shape index (κ2) is 7.46. The Kier molecular flexibility index (Phi) is 5.49. The fourth-order valence-corrected chi connectivity index (χ4v) is 4.98. The molecule has 0 saturated carbocycles. The summed E-state index contributed by atoms with van der Waals surface area (Å²) >= 11 is 1.79. The molecule has 0 aliphatic carbocycles. The highest BCUT2D eigenvalue weighted by molar-refractivity contribution is 7.10. The number of nitrogens with zero attached hydrogens (tertiary/aromatic N) is 1. The van der Waals surface area contributed by atoms with Crippen molar-refractivity contribution in [1.82, 2.24) is 4.90 Å². The molecule has 1 aromatic carbocycles. The summed E-state index contributed by atoms with van der Waals surface area (Å²) in [5.74, 6) is 0.0123. The van der Waals surface area contributed by atoms with Crippen LogP contribution in [0, 0.1) is 0 Å². The van der Waals surface area contributed by atoms with Crippen LogP contribution >= 0.6 is 23.7 Å². The molecule has 2 aliphatic heterocycles. The predicted octanol–water partition coefficient (Wildman–Crippen LogP) is 3.26. The van der Waals surface area contributed by atoms with Crippen LogP contribution in [0.25, 0.3) is 0 Å². The lowest BCUT2D eigenvalue weighted by Gasteiger charge is -2.44. The topological polar surface area (TPSA) is 55.6 Å². The zero-order valence-corrected chi connectivity index (χ0v) is 15.7. The minimum atomic E-state index is -0.579. The molecule has 0 radical (unpaired) electrons. The number of rotatable bonds is 2. The van der Waals surface area contributed by atoms with Gasteiger partial charge in [0.05, 0.1) is 6.61 Å². The van der Waals surface area contributed by atoms with Crippen LogP contribution in [-0.2, 0) is 21.6 Å². The molecular weight excluding hydrogens is 356 g/mol. The van der Waals surface area contributed by atoms with E-state index in [1.54, 1.807) is 11.3 Å². The smallest absolute Gasteiger partial charge is 0.244 e. The number of halogens is 1. The van der Waals surface area contributed by atoms with Gasteiger partial charge in [0.15, 0.2) is 0 Å². The number of benzene rings is 1. The zero-order chi connectivity index (χ0) is 16.6. The number of nitrogens with two attached hydrogens (primary N) is 1. The van der Waals surface area contributed by atoms with Crippen LogP contribution in [0.1, 0.15) is 34.9 Å². The summed E-state index contributed by atoms with van der Waals surface area (Å²) in [5.41, 5.74) is 8.29. The molecule has 1 atom stereocenters. The second-order valence-corrected chi connectivity index (χ2v) is 7.50. The van der Waals surface area contributed by atoms with Gasteiger partial charge in [-0.05, 0) is 41.8 Å². The monoisotopic (exact) mass is 378 g/mol. The van der Waals surface area contributed by atoms with Gasteiger partial charge in [0.25, 0.3) is 0 Å². The molecule has 1 aromatic heterocycles. The summed E-state index contributed by atoms with van der Waals surface area (Å²) in [7, 11) is 0. The molecule has 134 valence electrons. The van der Waals surface area contributed by atoms with Crippen LogP contribution in [0.3, 0.4) is 0 Å². The van der Waals surface area contributed by atoms with Crippen molar-refractivity contribution in [3.05, 3.63) is 57.8 Å². The Hall–Kier alpha value is -1.40. The van der Waals surface area contributed by atoms with E-state index in [-0.39, 0.29) is 23.9 Å². The van der Waals surface area contributed by atoms with E-state index in [2.05, 4.69) is 11.4 Å². The summed E-state index contributed by atoms with van der Waals surface area (Å²) < 4.78 is 6.21. The molecule has 3 heterocycles. The Morgan fingerprint density at radius 3 is 2.64 bits per heavy atom. The quantitative estimate of drug-likeness (QED) is 0.872. The summed E-state index contributed by atoms with van der Waals surface area (Å²) in [6.07, 6.45) is 2.71. The van der Waals surface area contributed by atoms with Gasteiger partial charge in [-0.3, -0.25) is 4.79 Å². The van der Waals surface area contributed by atoms with E-state index in [1.165, 1.54) is 10.4 Å². The van der Waals surface area contributed by atoms with Crippen molar-refractivity contribution in [3.8, 4) is 0 Å². The van der Waals surface area contributed by atoms with Crippen molar-refractivity contribution in [3.63, 3.8) is 0 Å². The standard InChI is InChI=1S/C19H22N2O2S.ClH/c20-16(14-4-2-1-3-5-14)18(22)21-10-8-19(9-11-21)17-15(6-12-23-19)7-13-24-17;/h1-5,7,13,16H,6,8-12,20H2;1H/t16-;/m0./s1. The molecule has 4 nitrogen and oxygen atoms in total. The third kappa shape index (κ3) is 3.34. The van der Waals surface area contributed by atoms with Gasteiger partial charge in [-0.2, -0.15) is 0 Å². The molecule has 25 heavy (non-hydrogen) atoms. The van der Waals surface area contributed by atoms with Gasteiger partial charge in [-0.15, -0.1) is 23.7 Å². The first-order valence-corrected chi connectivity index (χ1v) is 9.38. The molecule has 6 heteroatoms. The van der Waals surface area contributed by atoms with Gasteiger partial charge in [0, 0.05) is 18.0 Å². The van der Waals surface area contributed by atoms with Gasteiger partial charge in [-0.25, -0.2) is 0 Å². The van der Waals surface area contributed by atoms with Gasteiger partial charge < -0.3 is 15.4 Å². The molecule has 1 spiro atoms. The number of hydrogen-bond acceptors (Lipinski definition) is 4. The van der Waals surface area contributed by atoms with Crippen molar-refractivity contribution in [2.24, 2.45) is 5.73 Å². The largest absolute Gasteiger partial charge is 0.369 e. The van der Waals surface area contributed by atoms with Crippen LogP contribution in [-0.4, -0.2) is 30.5 Å². The zero-order valence-electron chi connectivity index (χ0n) is 14.0. The molecule has 1 fully saturated rings. The predicted molar refractivity (Wildman–Crippen MR) is 102 cm³/mol. The first-order valence-electron chi connectivity index (χ1n) is 8.50. The fraction of sp³-hybridized carbons (Fsp3) is 0.421. The van der Waals surface area contributed by atoms with E-state index >= 15 is 0 Å². The Bertz CT molecular complexity index is 726. The molecule has 2 aromatic rings. The maximum Gasteiger partial charge on any atom is 0.244 e. The normalized spacial score (nSPS) is 19.8. The SMILES string of the molecule is Cl.N[C@H](C(=O)N1CCC2(CC1)OCCc1ccsc12)c1ccccc1. The van der Waals surface area contributed by atoms with Gasteiger partial charge in [0.2, 0.25) is 5.91 Å². The minimum Gasteiger partial charge on any atom is -0.369 e. The highest BCUT2D eigenvalue weighted by Crippen LogP contribution is 2.44. The van der Waals surface area contributed by atoms with E-state index in [4.69, 9.17) is 10.5 Å². The number of carbonyl (C=O) groups excluding carboxylic acids is 1. The first kappa shape index (κ1) is 18.4. The van der Waals surface area contributed by atoms with Gasteiger partial charge >= 0.3 is 0 Å². The lowest BCUT2D eigenvalue weighted by atomic mass is 9.85. The second-order valence-electron chi connectivity index (χ2n) is 6.58. The molecule has 2 N–H and O–H groups in total. The summed E-state index contributed by atoms with van der Waals surface area (Å²) in [5, 5.41) is 2.16. The van der Waals surface area contributed by atoms with Gasteiger partial charge in [0.1, 0.15) is 11.6 Å². The summed E-state index contributed by atoms with van der Waals surface area (Å²) in [6, 6.07) is 11.2. The Morgan fingerprint density at radius 2 is 1.92 bits per heavy atom. The third-order valence-electron chi connectivity index (χ3n) is 5.22. The minimum absolute atomic E-state index is 0. The van der Waals surface area contributed by atoms with E-state index in [9.17, 15) is 4.79 Å². The first-order chi connectivity index (χ1) is 11.7. The van der Waals surface area contributed by atoms with Gasteiger partial charge in [-0.1, -0.05) is 30.3 Å². The number of fused-ring (bicyclic) bond motifs is 2. The van der Waals surface area contributed by atoms with Crippen molar-refractivity contribution in [2.45, 2.75) is 30.9 Å². The Morgan fingerprint density at radius 1 is 1.20 bits per heavy atom. The third-order valence-corrected chi connectivity index (χ3v) is 6.36. The van der Waals surface area contributed by atoms with Crippen molar-refractivity contribution >= 4 is 29.7 Å². The Labute approximate surface area is 158 Å². The molecule has 2 aliphatic rings. The average molecular weight is 379 g/mol. The number of ether oxygens (including phenoxy) is 1. The Balaban J connectivity index is 0.00000182. The van der Waals surface area contributed by atoms with Crippen LogP contribution in [0.15, 0.2) is 41.8 Å². The van der Waals surface area contributed by atoms with Crippen LogP contribution in [0.5, 0.6) is 0 Å². The van der Waals surface area contributed by atoms with Crippen LogP contribution < -0.4 is 5.73 Å². The number of amides is 1. The summed E-state index contributed by atoms with van der Waals surface area (Å²) in [4.78, 5) is 16.0. The van der Waals surface area contributed by atoms with Crippen molar-refractivity contribution < 1.29 is 9.53 Å². The van der Waals surface area contributed by atoms with E-state index in [0.29, 0.717) is 13.1 Å². The lowest BCUT2D eigenvalue weighted by Crippen LogP contribution is -2.49. The molecule has 1 saturated heterocycles. The maximum atomic E-state index is 12.7. The number of piperidine rings is 1. The average Bonchev–Trinajstić information content (AvgIpc) is 3.12. The number of thiophene rings is 1. The molecule has 4 rings (SSSR count). The van der Waals surface area contributed by atoms with E-state index in [1.807, 2.05) is 35.2 Å². The molecule has 0 bridgehead atoms. The van der Waals surface area contributed by atoms with Crippen molar-refractivity contribution in [1.29, 1.82) is 0 Å². The van der Waals surface area contributed by atoms with Crippen LogP contribution in [0.2, 0.25) is 0 Å². The fourth-order valence-electron chi connectivity index (χ4n) is 3.81. The highest BCUT2D eigenvalue weighted by Gasteiger charge is 2.43. The number of hydrogen-bond donors (Lipinski definition) is 1. The van der Waals surface area contributed by atoms with Crippen molar-refractivity contribution in [2.75, 3.05) is 19.7 Å². The number of carbonyl (C=O) groups is 1. The molecular formula is C19H23ClN2O2S. The lowest BCUT2D eigenvalue weighted by molar-refractivity contribution is -0.141. The summed E-state index contributed by atoms with van der Waals surface area (Å²) in [6.45, 7) is 2.19. The maximum absolute atomic E-state index is 12.7. The molecule has 1 amide bonds.